The average Bonchev–Trinajstić information content (AvgIpc) is 3.34. The van der Waals surface area contributed by atoms with Crippen molar-refractivity contribution in [3.63, 3.8) is 0 Å². The fraction of sp³-hybridized carbons (Fsp3) is 0.381. The number of sulfone groups is 1. The van der Waals surface area contributed by atoms with E-state index in [1.54, 1.807) is 41.7 Å². The van der Waals surface area contributed by atoms with Gasteiger partial charge in [0.25, 0.3) is 0 Å². The summed E-state index contributed by atoms with van der Waals surface area (Å²) >= 11 is 0. The molecular formula is C21H22FN5O3S. The molecule has 31 heavy (non-hydrogen) atoms. The number of hydrogen-bond donors (Lipinski definition) is 0. The van der Waals surface area contributed by atoms with Gasteiger partial charge in [0.2, 0.25) is 5.91 Å². The van der Waals surface area contributed by atoms with Gasteiger partial charge in [-0.3, -0.25) is 14.2 Å². The minimum Gasteiger partial charge on any atom is -0.360 e. The second-order valence-corrected chi connectivity index (χ2v) is 10.1. The van der Waals surface area contributed by atoms with Crippen LogP contribution < -0.4 is 4.90 Å². The summed E-state index contributed by atoms with van der Waals surface area (Å²) in [7, 11) is -3.65. The molecule has 0 radical (unpaired) electrons. The predicted molar refractivity (Wildman–Crippen MR) is 112 cm³/mol. The molecule has 2 aliphatic heterocycles. The van der Waals surface area contributed by atoms with Gasteiger partial charge in [0.1, 0.15) is 10.7 Å². The van der Waals surface area contributed by atoms with Gasteiger partial charge in [-0.15, -0.1) is 0 Å². The zero-order valence-corrected chi connectivity index (χ0v) is 17.6. The summed E-state index contributed by atoms with van der Waals surface area (Å²) < 4.78 is 41.5. The van der Waals surface area contributed by atoms with Gasteiger partial charge in [0, 0.05) is 50.2 Å². The highest BCUT2D eigenvalue weighted by Crippen LogP contribution is 2.36. The van der Waals surface area contributed by atoms with Crippen molar-refractivity contribution in [2.75, 3.05) is 23.7 Å². The van der Waals surface area contributed by atoms with Crippen molar-refractivity contribution < 1.29 is 17.6 Å². The highest BCUT2D eigenvalue weighted by molar-refractivity contribution is 7.91. The molecule has 1 amide bonds. The van der Waals surface area contributed by atoms with Crippen molar-refractivity contribution >= 4 is 27.1 Å². The van der Waals surface area contributed by atoms with Crippen molar-refractivity contribution in [3.8, 4) is 0 Å². The van der Waals surface area contributed by atoms with E-state index in [4.69, 9.17) is 0 Å². The van der Waals surface area contributed by atoms with Crippen LogP contribution in [0.2, 0.25) is 0 Å². The Balaban J connectivity index is 1.27. The van der Waals surface area contributed by atoms with Crippen LogP contribution in [-0.4, -0.2) is 64.5 Å². The molecule has 0 aromatic carbocycles. The van der Waals surface area contributed by atoms with Crippen LogP contribution in [0.15, 0.2) is 54.1 Å². The monoisotopic (exact) mass is 443 g/mol. The maximum absolute atomic E-state index is 14.2. The van der Waals surface area contributed by atoms with E-state index in [-0.39, 0.29) is 41.0 Å². The minimum absolute atomic E-state index is 0.0240. The van der Waals surface area contributed by atoms with Crippen molar-refractivity contribution in [2.24, 2.45) is 0 Å². The fourth-order valence-electron chi connectivity index (χ4n) is 4.74. The zero-order chi connectivity index (χ0) is 21.6. The number of nitrogens with zero attached hydrogens (tertiary/aromatic N) is 5. The second-order valence-electron chi connectivity index (χ2n) is 8.01. The normalized spacial score (nSPS) is 21.1. The van der Waals surface area contributed by atoms with Gasteiger partial charge in [0.15, 0.2) is 15.7 Å². The van der Waals surface area contributed by atoms with Crippen molar-refractivity contribution in [1.82, 2.24) is 19.3 Å². The molecule has 5 rings (SSSR count). The summed E-state index contributed by atoms with van der Waals surface area (Å²) in [4.78, 5) is 24.6. The maximum Gasteiger partial charge on any atom is 0.223 e. The molecule has 162 valence electrons. The molecule has 2 fully saturated rings. The lowest BCUT2D eigenvalue weighted by molar-refractivity contribution is -0.131. The Morgan fingerprint density at radius 1 is 1.13 bits per heavy atom. The van der Waals surface area contributed by atoms with E-state index >= 15 is 0 Å². The largest absolute Gasteiger partial charge is 0.360 e. The first-order valence-corrected chi connectivity index (χ1v) is 11.9. The van der Waals surface area contributed by atoms with Crippen LogP contribution in [-0.2, 0) is 14.6 Å². The number of carbonyl (C=O) groups is 1. The number of amides is 1. The Labute approximate surface area is 179 Å². The number of anilines is 1. The Hall–Kier alpha value is -3.01. The van der Waals surface area contributed by atoms with Gasteiger partial charge in [0.05, 0.1) is 17.6 Å². The molecule has 0 N–H and O–H groups in total. The fourth-order valence-corrected chi connectivity index (χ4v) is 6.13. The van der Waals surface area contributed by atoms with E-state index in [1.807, 2.05) is 0 Å². The van der Waals surface area contributed by atoms with E-state index in [9.17, 15) is 17.6 Å². The molecule has 0 aliphatic carbocycles. The van der Waals surface area contributed by atoms with Gasteiger partial charge < -0.3 is 9.80 Å². The van der Waals surface area contributed by atoms with Gasteiger partial charge in [-0.25, -0.2) is 17.8 Å². The Morgan fingerprint density at radius 3 is 2.65 bits per heavy atom. The first kappa shape index (κ1) is 19.9. The summed E-state index contributed by atoms with van der Waals surface area (Å²) in [5.74, 6) is -0.815. The van der Waals surface area contributed by atoms with Crippen LogP contribution in [0.4, 0.5) is 10.1 Å². The topological polar surface area (TPSA) is 87.9 Å². The average molecular weight is 444 g/mol. The highest BCUT2D eigenvalue weighted by Gasteiger charge is 2.42. The molecule has 3 aromatic heterocycles. The SMILES string of the molecule is O=C(CCS(=O)(=O)c1cccc2nccn12)N1CC2CCC(C1)N2c1ccncc1F. The summed E-state index contributed by atoms with van der Waals surface area (Å²) in [6, 6.07) is 6.61. The summed E-state index contributed by atoms with van der Waals surface area (Å²) in [6.45, 7) is 0.933. The zero-order valence-electron chi connectivity index (χ0n) is 16.8. The van der Waals surface area contributed by atoms with Gasteiger partial charge in [-0.1, -0.05) is 6.07 Å². The third kappa shape index (κ3) is 3.54. The Bertz CT molecular complexity index is 1230. The third-order valence-corrected chi connectivity index (χ3v) is 7.87. The van der Waals surface area contributed by atoms with Crippen LogP contribution in [0.1, 0.15) is 19.3 Å². The lowest BCUT2D eigenvalue weighted by Gasteiger charge is -2.42. The van der Waals surface area contributed by atoms with Crippen molar-refractivity contribution in [2.45, 2.75) is 36.4 Å². The van der Waals surface area contributed by atoms with E-state index in [0.717, 1.165) is 12.8 Å². The van der Waals surface area contributed by atoms with E-state index in [0.29, 0.717) is 24.4 Å². The number of halogens is 1. The number of pyridine rings is 2. The number of fused-ring (bicyclic) bond motifs is 3. The predicted octanol–water partition coefficient (Wildman–Crippen LogP) is 1.91. The number of hydrogen-bond acceptors (Lipinski definition) is 6. The summed E-state index contributed by atoms with van der Waals surface area (Å²) in [5.41, 5.74) is 1.06. The molecular weight excluding hydrogens is 421 g/mol. The quantitative estimate of drug-likeness (QED) is 0.599. The molecule has 0 spiro atoms. The first-order valence-electron chi connectivity index (χ1n) is 10.2. The number of piperazine rings is 1. The van der Waals surface area contributed by atoms with Crippen LogP contribution in [0, 0.1) is 5.82 Å². The summed E-state index contributed by atoms with van der Waals surface area (Å²) in [6.07, 6.45) is 7.57. The van der Waals surface area contributed by atoms with Gasteiger partial charge in [-0.2, -0.15) is 0 Å². The molecule has 10 heteroatoms. The number of likely N-dealkylation sites (tertiary alicyclic amines) is 1. The van der Waals surface area contributed by atoms with Crippen LogP contribution in [0.25, 0.3) is 5.65 Å². The number of carbonyl (C=O) groups excluding carboxylic acids is 1. The number of rotatable bonds is 5. The van der Waals surface area contributed by atoms with E-state index < -0.39 is 9.84 Å². The second kappa shape index (κ2) is 7.60. The minimum atomic E-state index is -3.65. The van der Waals surface area contributed by atoms with Gasteiger partial charge in [-0.05, 0) is 31.0 Å². The van der Waals surface area contributed by atoms with Crippen LogP contribution in [0.3, 0.4) is 0 Å². The smallest absolute Gasteiger partial charge is 0.223 e. The van der Waals surface area contributed by atoms with Gasteiger partial charge >= 0.3 is 0 Å². The number of aromatic nitrogens is 3. The van der Waals surface area contributed by atoms with Crippen molar-refractivity contribution in [1.29, 1.82) is 0 Å². The molecule has 5 heterocycles. The molecule has 3 aromatic rings. The van der Waals surface area contributed by atoms with Crippen LogP contribution in [0.5, 0.6) is 0 Å². The molecule has 8 nitrogen and oxygen atoms in total. The highest BCUT2D eigenvalue weighted by atomic mass is 32.2. The standard InChI is InChI=1S/C21H22FN5O3S/c22-17-12-23-8-6-18(17)27-15-4-5-16(27)14-25(13-15)20(28)7-11-31(29,30)21-3-1-2-19-24-9-10-26(19)21/h1-3,6,8-10,12,15-16H,4-5,7,11,13-14H2. The lowest BCUT2D eigenvalue weighted by Crippen LogP contribution is -2.55. The molecule has 2 atom stereocenters. The molecule has 0 saturated carbocycles. The molecule has 2 saturated heterocycles. The first-order chi connectivity index (χ1) is 14.9. The Kier molecular flexibility index (Phi) is 4.88. The third-order valence-electron chi connectivity index (χ3n) is 6.16. The molecule has 2 bridgehead atoms. The van der Waals surface area contributed by atoms with Crippen molar-refractivity contribution in [3.05, 3.63) is 54.9 Å². The van der Waals surface area contributed by atoms with E-state index in [1.165, 1.54) is 16.7 Å². The summed E-state index contributed by atoms with van der Waals surface area (Å²) in [5, 5.41) is 0.133. The molecule has 2 aliphatic rings. The van der Waals surface area contributed by atoms with Crippen LogP contribution >= 0.6 is 0 Å². The molecule has 2 unspecified atom stereocenters. The van der Waals surface area contributed by atoms with E-state index in [2.05, 4.69) is 14.9 Å². The Morgan fingerprint density at radius 2 is 1.90 bits per heavy atom. The lowest BCUT2D eigenvalue weighted by atomic mass is 10.1. The number of imidazole rings is 1. The maximum atomic E-state index is 14.2.